The Morgan fingerprint density at radius 3 is 2.82 bits per heavy atom. The summed E-state index contributed by atoms with van der Waals surface area (Å²) >= 11 is 1.45. The zero-order valence-corrected chi connectivity index (χ0v) is 6.85. The molecule has 58 valence electrons. The van der Waals surface area contributed by atoms with Crippen molar-refractivity contribution in [2.75, 3.05) is 12.0 Å². The Morgan fingerprint density at radius 1 is 1.64 bits per heavy atom. The third-order valence-corrected chi connectivity index (χ3v) is 1.93. The largest absolute Gasteiger partial charge is 0.383 e. The standard InChI is InChI=1S/C6H8N4S/c1-11-6-4(2-7)5(8)9-3-10-6/h2-3,7H,1H3,(H2,8,9,10). The van der Waals surface area contributed by atoms with Crippen molar-refractivity contribution < 1.29 is 0 Å². The third kappa shape index (κ3) is 1.48. The molecule has 0 amide bonds. The number of nitrogens with zero attached hydrogens (tertiary/aromatic N) is 2. The quantitative estimate of drug-likeness (QED) is 0.388. The van der Waals surface area contributed by atoms with Crippen molar-refractivity contribution >= 4 is 23.8 Å². The van der Waals surface area contributed by atoms with Gasteiger partial charge >= 0.3 is 0 Å². The molecule has 5 heteroatoms. The fraction of sp³-hybridized carbons (Fsp3) is 0.167. The Labute approximate surface area is 68.7 Å². The molecule has 0 aliphatic rings. The number of hydrogen-bond donors (Lipinski definition) is 2. The van der Waals surface area contributed by atoms with Crippen LogP contribution >= 0.6 is 11.8 Å². The van der Waals surface area contributed by atoms with Crippen molar-refractivity contribution in [1.29, 1.82) is 5.41 Å². The zero-order valence-electron chi connectivity index (χ0n) is 6.03. The fourth-order valence-corrected chi connectivity index (χ4v) is 1.23. The first kappa shape index (κ1) is 8.00. The Kier molecular flexibility index (Phi) is 2.43. The molecule has 1 rings (SSSR count). The summed E-state index contributed by atoms with van der Waals surface area (Å²) in [5.74, 6) is 0.361. The van der Waals surface area contributed by atoms with Crippen molar-refractivity contribution in [2.45, 2.75) is 5.03 Å². The Hall–Kier alpha value is -1.10. The minimum Gasteiger partial charge on any atom is -0.383 e. The molecule has 0 fully saturated rings. The second-order valence-corrected chi connectivity index (χ2v) is 2.62. The second kappa shape index (κ2) is 3.34. The number of anilines is 1. The molecule has 0 aromatic carbocycles. The number of nitrogens with one attached hydrogen (secondary N) is 1. The maximum atomic E-state index is 7.03. The van der Waals surface area contributed by atoms with Crippen molar-refractivity contribution in [2.24, 2.45) is 0 Å². The summed E-state index contributed by atoms with van der Waals surface area (Å²) in [6.07, 6.45) is 4.45. The van der Waals surface area contributed by atoms with Gasteiger partial charge in [0.25, 0.3) is 0 Å². The van der Waals surface area contributed by atoms with Crippen LogP contribution in [0.25, 0.3) is 0 Å². The molecule has 0 atom stereocenters. The monoisotopic (exact) mass is 168 g/mol. The number of nitrogens with two attached hydrogens (primary N) is 1. The van der Waals surface area contributed by atoms with Gasteiger partial charge in [-0.1, -0.05) is 0 Å². The summed E-state index contributed by atoms with van der Waals surface area (Å²) in [4.78, 5) is 7.71. The molecule has 0 saturated heterocycles. The average Bonchev–Trinajstić information content (AvgIpc) is 2.04. The lowest BCUT2D eigenvalue weighted by molar-refractivity contribution is 1.05. The van der Waals surface area contributed by atoms with Crippen molar-refractivity contribution in [3.05, 3.63) is 11.9 Å². The minimum atomic E-state index is 0.361. The lowest BCUT2D eigenvalue weighted by Crippen LogP contribution is -1.99. The SMILES string of the molecule is CSc1ncnc(N)c1C=N. The molecular weight excluding hydrogens is 160 g/mol. The van der Waals surface area contributed by atoms with E-state index in [0.29, 0.717) is 11.4 Å². The van der Waals surface area contributed by atoms with Crippen LogP contribution in [0.5, 0.6) is 0 Å². The summed E-state index contributed by atoms with van der Waals surface area (Å²) in [5.41, 5.74) is 6.09. The highest BCUT2D eigenvalue weighted by Crippen LogP contribution is 2.18. The molecule has 0 aliphatic carbocycles. The Bertz CT molecular complexity index is 273. The molecule has 1 heterocycles. The van der Waals surface area contributed by atoms with Gasteiger partial charge in [-0.25, -0.2) is 9.97 Å². The average molecular weight is 168 g/mol. The Morgan fingerprint density at radius 2 is 2.36 bits per heavy atom. The summed E-state index contributed by atoms with van der Waals surface area (Å²) < 4.78 is 0. The molecule has 0 radical (unpaired) electrons. The molecule has 0 spiro atoms. The van der Waals surface area contributed by atoms with Gasteiger partial charge in [0, 0.05) is 6.21 Å². The highest BCUT2D eigenvalue weighted by Gasteiger charge is 2.03. The lowest BCUT2D eigenvalue weighted by Gasteiger charge is -2.01. The van der Waals surface area contributed by atoms with Gasteiger partial charge in [-0.2, -0.15) is 0 Å². The third-order valence-electron chi connectivity index (χ3n) is 1.22. The molecule has 0 bridgehead atoms. The predicted octanol–water partition coefficient (Wildman–Crippen LogP) is 0.778. The molecule has 1 aromatic heterocycles. The van der Waals surface area contributed by atoms with Crippen molar-refractivity contribution in [3.63, 3.8) is 0 Å². The van der Waals surface area contributed by atoms with E-state index in [4.69, 9.17) is 11.1 Å². The number of thioether (sulfide) groups is 1. The van der Waals surface area contributed by atoms with Crippen LogP contribution in [0.3, 0.4) is 0 Å². The van der Waals surface area contributed by atoms with Crippen LogP contribution in [0.15, 0.2) is 11.4 Å². The van der Waals surface area contributed by atoms with Crippen LogP contribution < -0.4 is 5.73 Å². The van der Waals surface area contributed by atoms with Gasteiger partial charge < -0.3 is 11.1 Å². The molecule has 4 nitrogen and oxygen atoms in total. The van der Waals surface area contributed by atoms with Gasteiger partial charge in [0.1, 0.15) is 17.2 Å². The van der Waals surface area contributed by atoms with E-state index >= 15 is 0 Å². The second-order valence-electron chi connectivity index (χ2n) is 1.83. The fourth-order valence-electron chi connectivity index (χ4n) is 0.690. The van der Waals surface area contributed by atoms with Crippen LogP contribution in [0.2, 0.25) is 0 Å². The normalized spacial score (nSPS) is 9.55. The number of hydrogen-bond acceptors (Lipinski definition) is 5. The zero-order chi connectivity index (χ0) is 8.27. The van der Waals surface area contributed by atoms with E-state index in [2.05, 4.69) is 9.97 Å². The van der Waals surface area contributed by atoms with Crippen LogP contribution in [0, 0.1) is 5.41 Å². The summed E-state index contributed by atoms with van der Waals surface area (Å²) in [5, 5.41) is 7.77. The van der Waals surface area contributed by atoms with Gasteiger partial charge in [-0.15, -0.1) is 11.8 Å². The van der Waals surface area contributed by atoms with Gasteiger partial charge in [-0.3, -0.25) is 0 Å². The molecule has 3 N–H and O–H groups in total. The van der Waals surface area contributed by atoms with Crippen molar-refractivity contribution in [3.8, 4) is 0 Å². The van der Waals surface area contributed by atoms with E-state index in [1.165, 1.54) is 24.3 Å². The van der Waals surface area contributed by atoms with E-state index in [1.54, 1.807) is 0 Å². The summed E-state index contributed by atoms with van der Waals surface area (Å²) in [6.45, 7) is 0. The molecule has 0 aliphatic heterocycles. The predicted molar refractivity (Wildman–Crippen MR) is 46.1 cm³/mol. The number of aromatic nitrogens is 2. The first-order valence-corrected chi connectivity index (χ1v) is 4.17. The highest BCUT2D eigenvalue weighted by atomic mass is 32.2. The Balaban J connectivity index is 3.24. The van der Waals surface area contributed by atoms with Gasteiger partial charge in [-0.05, 0) is 6.26 Å². The maximum Gasteiger partial charge on any atom is 0.136 e. The van der Waals surface area contributed by atoms with Crippen LogP contribution in [0.1, 0.15) is 5.56 Å². The summed E-state index contributed by atoms with van der Waals surface area (Å²) in [7, 11) is 0. The van der Waals surface area contributed by atoms with E-state index < -0.39 is 0 Å². The van der Waals surface area contributed by atoms with Gasteiger partial charge in [0.2, 0.25) is 0 Å². The first-order chi connectivity index (χ1) is 5.29. The van der Waals surface area contributed by atoms with E-state index in [9.17, 15) is 0 Å². The van der Waals surface area contributed by atoms with E-state index in [-0.39, 0.29) is 0 Å². The van der Waals surface area contributed by atoms with Crippen LogP contribution in [0.4, 0.5) is 5.82 Å². The first-order valence-electron chi connectivity index (χ1n) is 2.94. The molecule has 1 aromatic rings. The smallest absolute Gasteiger partial charge is 0.136 e. The molecular formula is C6H8N4S. The number of rotatable bonds is 2. The van der Waals surface area contributed by atoms with Gasteiger partial charge in [0.05, 0.1) is 5.56 Å². The van der Waals surface area contributed by atoms with Gasteiger partial charge in [0.15, 0.2) is 0 Å². The van der Waals surface area contributed by atoms with E-state index in [1.807, 2.05) is 6.26 Å². The molecule has 0 unspecified atom stereocenters. The number of nitrogen functional groups attached to an aromatic ring is 1. The van der Waals surface area contributed by atoms with E-state index in [0.717, 1.165) is 5.03 Å². The topological polar surface area (TPSA) is 75.7 Å². The highest BCUT2D eigenvalue weighted by molar-refractivity contribution is 7.98. The lowest BCUT2D eigenvalue weighted by atomic mass is 10.3. The maximum absolute atomic E-state index is 7.03. The minimum absolute atomic E-state index is 0.361. The molecule has 0 saturated carbocycles. The van der Waals surface area contributed by atoms with Crippen LogP contribution in [-0.2, 0) is 0 Å². The summed E-state index contributed by atoms with van der Waals surface area (Å²) in [6, 6.07) is 0. The van der Waals surface area contributed by atoms with Crippen LogP contribution in [-0.4, -0.2) is 22.4 Å². The molecule has 11 heavy (non-hydrogen) atoms. The van der Waals surface area contributed by atoms with Crippen molar-refractivity contribution in [1.82, 2.24) is 9.97 Å².